The van der Waals surface area contributed by atoms with Crippen LogP contribution in [-0.4, -0.2) is 57.0 Å². The number of amides is 1. The van der Waals surface area contributed by atoms with Crippen molar-refractivity contribution in [2.75, 3.05) is 26.2 Å². The van der Waals surface area contributed by atoms with Crippen molar-refractivity contribution in [3.63, 3.8) is 0 Å². The topological polar surface area (TPSA) is 88.5 Å². The largest absolute Gasteiger partial charge is 0.440 e. The molecule has 0 atom stereocenters. The third-order valence-electron chi connectivity index (χ3n) is 5.60. The van der Waals surface area contributed by atoms with Crippen LogP contribution >= 0.6 is 22.9 Å². The lowest BCUT2D eigenvalue weighted by molar-refractivity contribution is -0.132. The van der Waals surface area contributed by atoms with Crippen LogP contribution in [0.2, 0.25) is 5.02 Å². The molecule has 1 saturated heterocycles. The maximum absolute atomic E-state index is 12.8. The van der Waals surface area contributed by atoms with Crippen LogP contribution in [0.15, 0.2) is 50.7 Å². The second-order valence-electron chi connectivity index (χ2n) is 7.85. The SMILES string of the molecule is Cc1oc(-c2cccs2)nc1CC(=O)N1CCN(Cc2nc(-c3ccc(Cl)cc3)no2)CC1. The highest BCUT2D eigenvalue weighted by Crippen LogP contribution is 2.26. The van der Waals surface area contributed by atoms with Gasteiger partial charge >= 0.3 is 0 Å². The van der Waals surface area contributed by atoms with E-state index in [1.54, 1.807) is 23.5 Å². The molecule has 10 heteroatoms. The van der Waals surface area contributed by atoms with E-state index >= 15 is 0 Å². The summed E-state index contributed by atoms with van der Waals surface area (Å²) in [6.07, 6.45) is 0.245. The summed E-state index contributed by atoms with van der Waals surface area (Å²) in [5.74, 6) is 2.43. The number of rotatable bonds is 6. The van der Waals surface area contributed by atoms with E-state index in [0.717, 1.165) is 23.5 Å². The van der Waals surface area contributed by atoms with Crippen LogP contribution in [0.1, 0.15) is 17.3 Å². The lowest BCUT2D eigenvalue weighted by Crippen LogP contribution is -2.48. The lowest BCUT2D eigenvalue weighted by Gasteiger charge is -2.33. The highest BCUT2D eigenvalue weighted by atomic mass is 35.5. The summed E-state index contributed by atoms with van der Waals surface area (Å²) in [5, 5.41) is 6.71. The third kappa shape index (κ3) is 5.00. The van der Waals surface area contributed by atoms with Gasteiger partial charge in [0, 0.05) is 36.8 Å². The fraction of sp³-hybridized carbons (Fsp3) is 0.304. The van der Waals surface area contributed by atoms with E-state index in [0.29, 0.717) is 53.7 Å². The van der Waals surface area contributed by atoms with Gasteiger partial charge in [-0.05, 0) is 42.6 Å². The monoisotopic (exact) mass is 483 g/mol. The Labute approximate surface area is 199 Å². The highest BCUT2D eigenvalue weighted by molar-refractivity contribution is 7.13. The molecule has 5 rings (SSSR count). The molecule has 0 N–H and O–H groups in total. The van der Waals surface area contributed by atoms with Crippen molar-refractivity contribution >= 4 is 28.8 Å². The maximum Gasteiger partial charge on any atom is 0.241 e. The molecule has 0 unspecified atom stereocenters. The van der Waals surface area contributed by atoms with Crippen LogP contribution in [0.5, 0.6) is 0 Å². The summed E-state index contributed by atoms with van der Waals surface area (Å²) >= 11 is 7.50. The third-order valence-corrected chi connectivity index (χ3v) is 6.71. The summed E-state index contributed by atoms with van der Waals surface area (Å²) in [4.78, 5) is 26.9. The molecule has 0 bridgehead atoms. The van der Waals surface area contributed by atoms with Gasteiger partial charge in [-0.25, -0.2) is 4.98 Å². The maximum atomic E-state index is 12.8. The molecule has 1 aliphatic rings. The van der Waals surface area contributed by atoms with E-state index in [9.17, 15) is 4.79 Å². The zero-order valence-corrected chi connectivity index (χ0v) is 19.6. The first-order valence-corrected chi connectivity index (χ1v) is 11.9. The van der Waals surface area contributed by atoms with Crippen molar-refractivity contribution in [1.82, 2.24) is 24.9 Å². The van der Waals surface area contributed by atoms with Gasteiger partial charge in [0.15, 0.2) is 0 Å². The molecule has 1 amide bonds. The van der Waals surface area contributed by atoms with Crippen LogP contribution in [0.3, 0.4) is 0 Å². The molecule has 8 nitrogen and oxygen atoms in total. The summed E-state index contributed by atoms with van der Waals surface area (Å²) in [5.41, 5.74) is 1.56. The van der Waals surface area contributed by atoms with E-state index in [1.807, 2.05) is 41.5 Å². The van der Waals surface area contributed by atoms with Gasteiger partial charge < -0.3 is 13.8 Å². The molecule has 4 aromatic rings. The Morgan fingerprint density at radius 1 is 1.12 bits per heavy atom. The summed E-state index contributed by atoms with van der Waals surface area (Å²) < 4.78 is 11.2. The molecule has 0 radical (unpaired) electrons. The van der Waals surface area contributed by atoms with E-state index in [-0.39, 0.29) is 12.3 Å². The molecule has 0 saturated carbocycles. The minimum Gasteiger partial charge on any atom is -0.440 e. The van der Waals surface area contributed by atoms with E-state index < -0.39 is 0 Å². The van der Waals surface area contributed by atoms with Gasteiger partial charge in [0.25, 0.3) is 0 Å². The number of hydrogen-bond donors (Lipinski definition) is 0. The number of halogens is 1. The van der Waals surface area contributed by atoms with Crippen LogP contribution < -0.4 is 0 Å². The number of thiophene rings is 1. The molecule has 4 heterocycles. The molecule has 3 aromatic heterocycles. The standard InChI is InChI=1S/C23H22ClN5O3S/c1-15-18(25-23(31-15)19-3-2-12-33-19)13-21(30)29-10-8-28(9-11-29)14-20-26-22(27-32-20)16-4-6-17(24)7-5-16/h2-7,12H,8-11,13-14H2,1H3. The average molecular weight is 484 g/mol. The van der Waals surface area contributed by atoms with E-state index in [4.69, 9.17) is 20.5 Å². The summed E-state index contributed by atoms with van der Waals surface area (Å²) in [7, 11) is 0. The average Bonchev–Trinajstić information content (AvgIpc) is 3.57. The minimum absolute atomic E-state index is 0.0617. The fourth-order valence-electron chi connectivity index (χ4n) is 3.73. The normalized spacial score (nSPS) is 14.7. The lowest BCUT2D eigenvalue weighted by atomic mass is 10.2. The number of carbonyl (C=O) groups excluding carboxylic acids is 1. The summed E-state index contributed by atoms with van der Waals surface area (Å²) in [6.45, 7) is 5.17. The molecule has 1 fully saturated rings. The molecular weight excluding hydrogens is 462 g/mol. The second kappa shape index (κ2) is 9.46. The Hall–Kier alpha value is -3.01. The summed E-state index contributed by atoms with van der Waals surface area (Å²) in [6, 6.07) is 11.2. The van der Waals surface area contributed by atoms with E-state index in [2.05, 4.69) is 20.0 Å². The molecule has 170 valence electrons. The number of piperazine rings is 1. The van der Waals surface area contributed by atoms with Crippen molar-refractivity contribution in [1.29, 1.82) is 0 Å². The quantitative estimate of drug-likeness (QED) is 0.404. The van der Waals surface area contributed by atoms with Gasteiger partial charge in [-0.3, -0.25) is 9.69 Å². The number of aromatic nitrogens is 3. The number of nitrogens with zero attached hydrogens (tertiary/aromatic N) is 5. The minimum atomic E-state index is 0.0617. The number of benzene rings is 1. The molecule has 1 aliphatic heterocycles. The van der Waals surface area contributed by atoms with Gasteiger partial charge in [-0.15, -0.1) is 11.3 Å². The van der Waals surface area contributed by atoms with E-state index in [1.165, 1.54) is 0 Å². The van der Waals surface area contributed by atoms with Crippen molar-refractivity contribution < 1.29 is 13.7 Å². The van der Waals surface area contributed by atoms with Gasteiger partial charge in [-0.1, -0.05) is 22.8 Å². The first-order chi connectivity index (χ1) is 16.0. The smallest absolute Gasteiger partial charge is 0.241 e. The van der Waals surface area contributed by atoms with Crippen molar-refractivity contribution in [3.05, 3.63) is 64.1 Å². The molecule has 0 spiro atoms. The Morgan fingerprint density at radius 2 is 1.91 bits per heavy atom. The predicted molar refractivity (Wildman–Crippen MR) is 125 cm³/mol. The Morgan fingerprint density at radius 3 is 2.64 bits per heavy atom. The highest BCUT2D eigenvalue weighted by Gasteiger charge is 2.24. The number of oxazole rings is 1. The van der Waals surface area contributed by atoms with Crippen molar-refractivity contribution in [3.8, 4) is 22.2 Å². The Kier molecular flexibility index (Phi) is 6.26. The first-order valence-electron chi connectivity index (χ1n) is 10.6. The van der Waals surface area contributed by atoms with Gasteiger partial charge in [-0.2, -0.15) is 4.98 Å². The second-order valence-corrected chi connectivity index (χ2v) is 9.24. The zero-order chi connectivity index (χ0) is 22.8. The number of aryl methyl sites for hydroxylation is 1. The Balaban J connectivity index is 1.14. The molecule has 1 aromatic carbocycles. The van der Waals surface area contributed by atoms with Crippen LogP contribution in [0.25, 0.3) is 22.2 Å². The molecular formula is C23H22ClN5O3S. The van der Waals surface area contributed by atoms with Crippen molar-refractivity contribution in [2.24, 2.45) is 0 Å². The number of hydrogen-bond acceptors (Lipinski definition) is 8. The van der Waals surface area contributed by atoms with Crippen molar-refractivity contribution in [2.45, 2.75) is 19.9 Å². The fourth-order valence-corrected chi connectivity index (χ4v) is 4.51. The number of carbonyl (C=O) groups is 1. The van der Waals surface area contributed by atoms with Gasteiger partial charge in [0.1, 0.15) is 5.76 Å². The molecule has 33 heavy (non-hydrogen) atoms. The van der Waals surface area contributed by atoms with Crippen LogP contribution in [-0.2, 0) is 17.8 Å². The van der Waals surface area contributed by atoms with Crippen LogP contribution in [0, 0.1) is 6.92 Å². The van der Waals surface area contributed by atoms with Gasteiger partial charge in [0.05, 0.1) is 23.5 Å². The zero-order valence-electron chi connectivity index (χ0n) is 18.0. The Bertz CT molecular complexity index is 1230. The van der Waals surface area contributed by atoms with Gasteiger partial charge in [0.2, 0.25) is 23.5 Å². The van der Waals surface area contributed by atoms with Crippen LogP contribution in [0.4, 0.5) is 0 Å². The molecule has 0 aliphatic carbocycles. The predicted octanol–water partition coefficient (Wildman–Crippen LogP) is 4.30. The first kappa shape index (κ1) is 21.8.